The maximum Gasteiger partial charge on any atom is 0.230 e. The molecule has 1 saturated carbocycles. The summed E-state index contributed by atoms with van der Waals surface area (Å²) in [6.07, 6.45) is 9.63. The van der Waals surface area contributed by atoms with E-state index in [9.17, 15) is 4.79 Å². The summed E-state index contributed by atoms with van der Waals surface area (Å²) in [6.45, 7) is 5.44. The Morgan fingerprint density at radius 1 is 1.16 bits per heavy atom. The number of aryl methyl sites for hydroxylation is 2. The van der Waals surface area contributed by atoms with Gasteiger partial charge in [-0.15, -0.1) is 10.2 Å². The van der Waals surface area contributed by atoms with Crippen LogP contribution >= 0.6 is 11.8 Å². The Bertz CT molecular complexity index is 898. The van der Waals surface area contributed by atoms with Crippen LogP contribution in [-0.2, 0) is 30.8 Å². The second-order valence-electron chi connectivity index (χ2n) is 8.79. The van der Waals surface area contributed by atoms with Gasteiger partial charge >= 0.3 is 0 Å². The van der Waals surface area contributed by atoms with Crippen molar-refractivity contribution in [2.75, 3.05) is 5.75 Å². The number of aromatic nitrogens is 3. The summed E-state index contributed by atoms with van der Waals surface area (Å²) >= 11 is 1.45. The maximum absolute atomic E-state index is 12.5. The first kappa shape index (κ1) is 22.2. The van der Waals surface area contributed by atoms with Crippen molar-refractivity contribution in [3.8, 4) is 5.75 Å². The number of hydrogen-bond donors (Lipinski definition) is 1. The molecule has 31 heavy (non-hydrogen) atoms. The van der Waals surface area contributed by atoms with E-state index in [0.717, 1.165) is 36.1 Å². The molecule has 4 rings (SSSR count). The quantitative estimate of drug-likeness (QED) is 0.608. The van der Waals surface area contributed by atoms with Gasteiger partial charge in [0, 0.05) is 12.6 Å². The zero-order valence-corrected chi connectivity index (χ0v) is 19.5. The van der Waals surface area contributed by atoms with E-state index in [-0.39, 0.29) is 5.91 Å². The van der Waals surface area contributed by atoms with Gasteiger partial charge in [0.05, 0.1) is 5.75 Å². The molecule has 2 aliphatic carbocycles. The molecule has 1 aromatic carbocycles. The highest BCUT2D eigenvalue weighted by atomic mass is 32.2. The molecule has 0 spiro atoms. The van der Waals surface area contributed by atoms with Crippen LogP contribution in [-0.4, -0.2) is 32.5 Å². The van der Waals surface area contributed by atoms with Crippen LogP contribution in [0.2, 0.25) is 0 Å². The molecule has 0 aliphatic heterocycles. The summed E-state index contributed by atoms with van der Waals surface area (Å²) in [4.78, 5) is 12.5. The number of rotatable bonds is 8. The van der Waals surface area contributed by atoms with Gasteiger partial charge in [-0.3, -0.25) is 4.79 Å². The van der Waals surface area contributed by atoms with Gasteiger partial charge in [0.2, 0.25) is 5.91 Å². The van der Waals surface area contributed by atoms with Crippen LogP contribution in [0, 0.1) is 5.92 Å². The lowest BCUT2D eigenvalue weighted by Gasteiger charge is -2.29. The highest BCUT2D eigenvalue weighted by molar-refractivity contribution is 7.99. The molecule has 7 heteroatoms. The fraction of sp³-hybridized carbons (Fsp3) is 0.625. The predicted molar refractivity (Wildman–Crippen MR) is 123 cm³/mol. The van der Waals surface area contributed by atoms with E-state index in [1.165, 1.54) is 61.4 Å². The number of ether oxygens (including phenoxy) is 1. The van der Waals surface area contributed by atoms with Gasteiger partial charge in [0.15, 0.2) is 11.0 Å². The van der Waals surface area contributed by atoms with E-state index in [0.29, 0.717) is 24.3 Å². The zero-order chi connectivity index (χ0) is 21.6. The molecular formula is C24H34N4O2S. The lowest BCUT2D eigenvalue weighted by Crippen LogP contribution is -2.41. The molecule has 2 atom stereocenters. The second-order valence-corrected chi connectivity index (χ2v) is 9.74. The molecule has 2 aliphatic rings. The first-order valence-electron chi connectivity index (χ1n) is 11.7. The van der Waals surface area contributed by atoms with Crippen LogP contribution in [0.5, 0.6) is 5.75 Å². The van der Waals surface area contributed by atoms with Crippen molar-refractivity contribution in [3.63, 3.8) is 0 Å². The van der Waals surface area contributed by atoms with Crippen molar-refractivity contribution in [3.05, 3.63) is 35.2 Å². The second kappa shape index (κ2) is 10.5. The third kappa shape index (κ3) is 5.62. The van der Waals surface area contributed by atoms with E-state index in [2.05, 4.69) is 47.6 Å². The summed E-state index contributed by atoms with van der Waals surface area (Å²) in [7, 11) is 0. The van der Waals surface area contributed by atoms with Crippen molar-refractivity contribution in [2.24, 2.45) is 5.92 Å². The average Bonchev–Trinajstić information content (AvgIpc) is 3.19. The number of thioether (sulfide) groups is 1. The van der Waals surface area contributed by atoms with Gasteiger partial charge in [-0.1, -0.05) is 37.6 Å². The fourth-order valence-electron chi connectivity index (χ4n) is 4.71. The molecule has 1 fully saturated rings. The van der Waals surface area contributed by atoms with Crippen molar-refractivity contribution in [1.29, 1.82) is 0 Å². The van der Waals surface area contributed by atoms with Crippen molar-refractivity contribution in [1.82, 2.24) is 20.1 Å². The van der Waals surface area contributed by atoms with Crippen LogP contribution in [0.1, 0.15) is 69.3 Å². The topological polar surface area (TPSA) is 69.0 Å². The van der Waals surface area contributed by atoms with Crippen LogP contribution in [0.15, 0.2) is 23.4 Å². The smallest absolute Gasteiger partial charge is 0.230 e. The minimum atomic E-state index is 0.0845. The highest BCUT2D eigenvalue weighted by Gasteiger charge is 2.23. The number of fused-ring (bicyclic) bond motifs is 1. The first-order chi connectivity index (χ1) is 15.1. The Balaban J connectivity index is 1.31. The third-order valence-corrected chi connectivity index (χ3v) is 7.55. The Morgan fingerprint density at radius 2 is 1.97 bits per heavy atom. The van der Waals surface area contributed by atoms with Crippen molar-refractivity contribution in [2.45, 2.75) is 89.6 Å². The Kier molecular flexibility index (Phi) is 7.54. The number of hydrogen-bond acceptors (Lipinski definition) is 5. The predicted octanol–water partition coefficient (Wildman–Crippen LogP) is 4.54. The van der Waals surface area contributed by atoms with Gasteiger partial charge in [-0.05, 0) is 74.6 Å². The van der Waals surface area contributed by atoms with Crippen LogP contribution in [0.25, 0.3) is 0 Å². The van der Waals surface area contributed by atoms with Gasteiger partial charge in [-0.25, -0.2) is 0 Å². The Labute approximate surface area is 189 Å². The molecule has 1 aromatic heterocycles. The molecule has 168 valence electrons. The minimum Gasteiger partial charge on any atom is -0.486 e. The third-order valence-electron chi connectivity index (χ3n) is 6.59. The Morgan fingerprint density at radius 3 is 2.77 bits per heavy atom. The molecule has 0 bridgehead atoms. The van der Waals surface area contributed by atoms with Crippen LogP contribution in [0.4, 0.5) is 0 Å². The standard InChI is InChI=1S/C24H34N4O2S/c1-3-28-22(15-30-20-13-12-18-9-5-6-10-19(18)14-20)26-27-24(28)31-16-23(29)25-21-11-7-4-8-17(21)2/h12-14,17,21H,3-11,15-16H2,1-2H3,(H,25,29)/t17-,21-/m0/s1. The maximum atomic E-state index is 12.5. The van der Waals surface area contributed by atoms with E-state index in [1.54, 1.807) is 0 Å². The summed E-state index contributed by atoms with van der Waals surface area (Å²) in [5.41, 5.74) is 2.87. The molecule has 0 unspecified atom stereocenters. The van der Waals surface area contributed by atoms with Crippen molar-refractivity contribution < 1.29 is 9.53 Å². The van der Waals surface area contributed by atoms with E-state index in [4.69, 9.17) is 4.74 Å². The molecule has 0 saturated heterocycles. The van der Waals surface area contributed by atoms with E-state index >= 15 is 0 Å². The normalized spacial score (nSPS) is 20.8. The van der Waals surface area contributed by atoms with Gasteiger partial charge in [0.1, 0.15) is 12.4 Å². The molecule has 1 heterocycles. The van der Waals surface area contributed by atoms with Gasteiger partial charge in [-0.2, -0.15) is 0 Å². The number of nitrogens with one attached hydrogen (secondary N) is 1. The molecular weight excluding hydrogens is 408 g/mol. The summed E-state index contributed by atoms with van der Waals surface area (Å²) < 4.78 is 8.08. The van der Waals surface area contributed by atoms with E-state index in [1.807, 2.05) is 4.57 Å². The number of carbonyl (C=O) groups is 1. The number of carbonyl (C=O) groups excluding carboxylic acids is 1. The van der Waals surface area contributed by atoms with Crippen LogP contribution < -0.4 is 10.1 Å². The average molecular weight is 443 g/mol. The first-order valence-corrected chi connectivity index (χ1v) is 12.7. The highest BCUT2D eigenvalue weighted by Crippen LogP contribution is 2.27. The van der Waals surface area contributed by atoms with Crippen molar-refractivity contribution >= 4 is 17.7 Å². The lowest BCUT2D eigenvalue weighted by molar-refractivity contribution is -0.119. The number of nitrogens with zero attached hydrogens (tertiary/aromatic N) is 3. The SMILES string of the molecule is CCn1c(COc2ccc3c(c2)CCCC3)nnc1SCC(=O)N[C@H]1CCCC[C@@H]1C. The van der Waals surface area contributed by atoms with Crippen LogP contribution in [0.3, 0.4) is 0 Å². The monoisotopic (exact) mass is 442 g/mol. The minimum absolute atomic E-state index is 0.0845. The number of benzene rings is 1. The molecule has 1 N–H and O–H groups in total. The molecule has 6 nitrogen and oxygen atoms in total. The van der Waals surface area contributed by atoms with Gasteiger partial charge in [0.25, 0.3) is 0 Å². The summed E-state index contributed by atoms with van der Waals surface area (Å²) in [5, 5.41) is 12.6. The molecule has 0 radical (unpaired) electrons. The summed E-state index contributed by atoms with van der Waals surface area (Å²) in [5.74, 6) is 2.70. The van der Waals surface area contributed by atoms with E-state index < -0.39 is 0 Å². The molecule has 2 aromatic rings. The lowest BCUT2D eigenvalue weighted by atomic mass is 9.86. The fourth-order valence-corrected chi connectivity index (χ4v) is 5.54. The zero-order valence-electron chi connectivity index (χ0n) is 18.7. The number of amides is 1. The largest absolute Gasteiger partial charge is 0.486 e. The molecule has 1 amide bonds. The Hall–Kier alpha value is -2.02. The summed E-state index contributed by atoms with van der Waals surface area (Å²) in [6, 6.07) is 6.74. The van der Waals surface area contributed by atoms with Gasteiger partial charge < -0.3 is 14.6 Å².